The summed E-state index contributed by atoms with van der Waals surface area (Å²) in [5.41, 5.74) is 2.12. The van der Waals surface area contributed by atoms with Crippen molar-refractivity contribution in [3.63, 3.8) is 0 Å². The first-order chi connectivity index (χ1) is 8.24. The minimum Gasteiger partial charge on any atom is -0.497 e. The fraction of sp³-hybridized carbons (Fsp3) is 0.250. The lowest BCUT2D eigenvalue weighted by atomic mass is 10.2. The molecule has 1 aromatic carbocycles. The molecular weight excluding hydrogens is 300 g/mol. The van der Waals surface area contributed by atoms with Crippen LogP contribution in [0.2, 0.25) is 0 Å². The average molecular weight is 313 g/mol. The maximum absolute atomic E-state index is 5.21. The van der Waals surface area contributed by atoms with Crippen molar-refractivity contribution >= 4 is 27.3 Å². The van der Waals surface area contributed by atoms with Crippen molar-refractivity contribution in [2.45, 2.75) is 6.54 Å². The summed E-state index contributed by atoms with van der Waals surface area (Å²) in [6.45, 7) is 0.765. The van der Waals surface area contributed by atoms with Gasteiger partial charge in [0.1, 0.15) is 10.8 Å². The maximum atomic E-state index is 5.21. The second-order valence-corrected chi connectivity index (χ2v) is 5.82. The summed E-state index contributed by atoms with van der Waals surface area (Å²) in [6.07, 6.45) is 0. The first-order valence-electron chi connectivity index (χ1n) is 5.19. The Hall–Kier alpha value is -0.910. The minimum atomic E-state index is 0.765. The minimum absolute atomic E-state index is 0.765. The number of nitrogens with zero attached hydrogens (tertiary/aromatic N) is 1. The van der Waals surface area contributed by atoms with E-state index in [4.69, 9.17) is 4.74 Å². The molecule has 1 N–H and O–H groups in total. The molecule has 1 aromatic heterocycles. The Morgan fingerprint density at radius 3 is 3.00 bits per heavy atom. The van der Waals surface area contributed by atoms with Crippen LogP contribution in [-0.2, 0) is 6.54 Å². The third-order valence-electron chi connectivity index (χ3n) is 2.31. The number of ether oxygens (including phenoxy) is 1. The average Bonchev–Trinajstić information content (AvgIpc) is 2.72. The van der Waals surface area contributed by atoms with Gasteiger partial charge in [-0.05, 0) is 35.1 Å². The van der Waals surface area contributed by atoms with Gasteiger partial charge in [-0.3, -0.25) is 0 Å². The first-order valence-corrected chi connectivity index (χ1v) is 6.79. The Bertz CT molecular complexity index is 513. The van der Waals surface area contributed by atoms with E-state index in [1.807, 2.05) is 31.3 Å². The topological polar surface area (TPSA) is 34.2 Å². The smallest absolute Gasteiger partial charge is 0.124 e. The molecule has 0 amide bonds. The van der Waals surface area contributed by atoms with Crippen molar-refractivity contribution in [2.24, 2.45) is 0 Å². The van der Waals surface area contributed by atoms with Gasteiger partial charge < -0.3 is 10.1 Å². The molecule has 0 aliphatic heterocycles. The molecule has 3 nitrogen and oxygen atoms in total. The highest BCUT2D eigenvalue weighted by atomic mass is 79.9. The molecule has 0 fully saturated rings. The van der Waals surface area contributed by atoms with Gasteiger partial charge in [0.25, 0.3) is 0 Å². The van der Waals surface area contributed by atoms with E-state index in [-0.39, 0.29) is 0 Å². The zero-order chi connectivity index (χ0) is 12.3. The number of hydrogen-bond donors (Lipinski definition) is 1. The number of thiazole rings is 1. The lowest BCUT2D eigenvalue weighted by Gasteiger charge is -2.01. The first kappa shape index (κ1) is 12.5. The van der Waals surface area contributed by atoms with Gasteiger partial charge in [-0.1, -0.05) is 12.1 Å². The van der Waals surface area contributed by atoms with Crippen molar-refractivity contribution in [1.29, 1.82) is 0 Å². The van der Waals surface area contributed by atoms with Crippen LogP contribution in [0.15, 0.2) is 28.1 Å². The van der Waals surface area contributed by atoms with Gasteiger partial charge in [-0.2, -0.15) is 0 Å². The third kappa shape index (κ3) is 2.86. The van der Waals surface area contributed by atoms with E-state index in [2.05, 4.69) is 26.2 Å². The van der Waals surface area contributed by atoms with E-state index in [1.165, 1.54) is 0 Å². The van der Waals surface area contributed by atoms with Crippen LogP contribution in [0.3, 0.4) is 0 Å². The van der Waals surface area contributed by atoms with Gasteiger partial charge >= 0.3 is 0 Å². The highest BCUT2D eigenvalue weighted by molar-refractivity contribution is 9.11. The van der Waals surface area contributed by atoms with E-state index in [9.17, 15) is 0 Å². The monoisotopic (exact) mass is 312 g/mol. The van der Waals surface area contributed by atoms with Crippen LogP contribution < -0.4 is 10.1 Å². The van der Waals surface area contributed by atoms with Gasteiger partial charge in [0.15, 0.2) is 0 Å². The van der Waals surface area contributed by atoms with Gasteiger partial charge in [-0.15, -0.1) is 11.3 Å². The van der Waals surface area contributed by atoms with Gasteiger partial charge in [0.2, 0.25) is 0 Å². The largest absolute Gasteiger partial charge is 0.497 e. The van der Waals surface area contributed by atoms with Crippen LogP contribution in [0.4, 0.5) is 0 Å². The maximum Gasteiger partial charge on any atom is 0.124 e. The summed E-state index contributed by atoms with van der Waals surface area (Å²) in [5.74, 6) is 0.851. The van der Waals surface area contributed by atoms with E-state index < -0.39 is 0 Å². The molecule has 0 atom stereocenters. The van der Waals surface area contributed by atoms with Gasteiger partial charge in [0.05, 0.1) is 16.6 Å². The molecule has 90 valence electrons. The number of aromatic nitrogens is 1. The number of methoxy groups -OCH3 is 1. The molecule has 0 spiro atoms. The lowest BCUT2D eigenvalue weighted by Crippen LogP contribution is -2.05. The standard InChI is InChI=1S/C12H13BrN2OS/c1-14-7-10-11(13)17-12(15-10)8-4-3-5-9(6-8)16-2/h3-6,14H,7H2,1-2H3. The second kappa shape index (κ2) is 5.62. The molecule has 5 heteroatoms. The number of halogens is 1. The Labute approximate surface area is 113 Å². The quantitative estimate of drug-likeness (QED) is 0.940. The van der Waals surface area contributed by atoms with E-state index in [0.717, 1.165) is 32.3 Å². The number of benzene rings is 1. The molecule has 0 aliphatic carbocycles. The highest BCUT2D eigenvalue weighted by Gasteiger charge is 2.10. The van der Waals surface area contributed by atoms with Crippen LogP contribution in [0, 0.1) is 0 Å². The number of hydrogen-bond acceptors (Lipinski definition) is 4. The fourth-order valence-electron chi connectivity index (χ4n) is 1.49. The fourth-order valence-corrected chi connectivity index (χ4v) is 2.98. The van der Waals surface area contributed by atoms with Crippen LogP contribution in [0.25, 0.3) is 10.6 Å². The van der Waals surface area contributed by atoms with Gasteiger partial charge in [0, 0.05) is 12.1 Å². The Morgan fingerprint density at radius 1 is 1.47 bits per heavy atom. The molecule has 2 aromatic rings. The molecule has 0 unspecified atom stereocenters. The van der Waals surface area contributed by atoms with E-state index >= 15 is 0 Å². The normalized spacial score (nSPS) is 10.5. The Morgan fingerprint density at radius 2 is 2.29 bits per heavy atom. The summed E-state index contributed by atoms with van der Waals surface area (Å²) in [6, 6.07) is 7.94. The molecule has 17 heavy (non-hydrogen) atoms. The summed E-state index contributed by atoms with van der Waals surface area (Å²) in [4.78, 5) is 4.60. The molecule has 0 radical (unpaired) electrons. The molecule has 0 aliphatic rings. The van der Waals surface area contributed by atoms with Crippen molar-refractivity contribution < 1.29 is 4.74 Å². The van der Waals surface area contributed by atoms with Crippen LogP contribution in [0.5, 0.6) is 5.75 Å². The van der Waals surface area contributed by atoms with Crippen molar-refractivity contribution in [3.05, 3.63) is 33.7 Å². The third-order valence-corrected chi connectivity index (χ3v) is 4.19. The molecule has 2 rings (SSSR count). The van der Waals surface area contributed by atoms with E-state index in [1.54, 1.807) is 18.4 Å². The highest BCUT2D eigenvalue weighted by Crippen LogP contribution is 2.33. The van der Waals surface area contributed by atoms with Crippen LogP contribution >= 0.6 is 27.3 Å². The van der Waals surface area contributed by atoms with Crippen molar-refractivity contribution in [3.8, 4) is 16.3 Å². The number of nitrogens with one attached hydrogen (secondary N) is 1. The summed E-state index contributed by atoms with van der Waals surface area (Å²) < 4.78 is 6.29. The van der Waals surface area contributed by atoms with Crippen LogP contribution in [-0.4, -0.2) is 19.1 Å². The molecule has 0 saturated heterocycles. The molecule has 0 saturated carbocycles. The second-order valence-electron chi connectivity index (χ2n) is 3.50. The van der Waals surface area contributed by atoms with E-state index in [0.29, 0.717) is 0 Å². The van der Waals surface area contributed by atoms with Crippen molar-refractivity contribution in [2.75, 3.05) is 14.2 Å². The molecule has 0 bridgehead atoms. The molecular formula is C12H13BrN2OS. The predicted molar refractivity (Wildman–Crippen MR) is 74.6 cm³/mol. The van der Waals surface area contributed by atoms with Crippen molar-refractivity contribution in [1.82, 2.24) is 10.3 Å². The van der Waals surface area contributed by atoms with Gasteiger partial charge in [-0.25, -0.2) is 4.98 Å². The number of rotatable bonds is 4. The zero-order valence-electron chi connectivity index (χ0n) is 9.66. The Kier molecular flexibility index (Phi) is 4.15. The lowest BCUT2D eigenvalue weighted by molar-refractivity contribution is 0.415. The SMILES string of the molecule is CNCc1nc(-c2cccc(OC)c2)sc1Br. The predicted octanol–water partition coefficient (Wildman–Crippen LogP) is 3.30. The summed E-state index contributed by atoms with van der Waals surface area (Å²) >= 11 is 5.17. The molecule has 1 heterocycles. The summed E-state index contributed by atoms with van der Waals surface area (Å²) in [7, 11) is 3.58. The summed E-state index contributed by atoms with van der Waals surface area (Å²) in [5, 5.41) is 4.10. The zero-order valence-corrected chi connectivity index (χ0v) is 12.1. The Balaban J connectivity index is 2.35. The van der Waals surface area contributed by atoms with Crippen LogP contribution in [0.1, 0.15) is 5.69 Å².